The van der Waals surface area contributed by atoms with Crippen LogP contribution in [0.5, 0.6) is 5.75 Å². The van der Waals surface area contributed by atoms with Crippen LogP contribution in [0.25, 0.3) is 0 Å². The predicted octanol–water partition coefficient (Wildman–Crippen LogP) is 2.89. The topological polar surface area (TPSA) is 66.4 Å². The Labute approximate surface area is 115 Å². The van der Waals surface area contributed by atoms with E-state index in [-0.39, 0.29) is 10.6 Å². The molecule has 4 nitrogen and oxygen atoms in total. The number of hydrogen-bond acceptors (Lipinski definition) is 3. The van der Waals surface area contributed by atoms with E-state index < -0.39 is 10.0 Å². The van der Waals surface area contributed by atoms with Crippen molar-refractivity contribution in [2.45, 2.75) is 44.4 Å². The SMILES string of the molecule is CCCCC(CC)CNS(=O)(=O)c1ccc(O)cc1. The molecule has 0 aliphatic rings. The molecule has 0 saturated carbocycles. The van der Waals surface area contributed by atoms with Crippen LogP contribution in [-0.4, -0.2) is 20.1 Å². The average Bonchev–Trinajstić information content (AvgIpc) is 2.39. The van der Waals surface area contributed by atoms with Gasteiger partial charge in [-0.15, -0.1) is 0 Å². The maximum absolute atomic E-state index is 12.0. The molecule has 0 saturated heterocycles. The number of rotatable bonds is 8. The molecule has 5 heteroatoms. The third-order valence-corrected chi connectivity index (χ3v) is 4.69. The van der Waals surface area contributed by atoms with Crippen molar-refractivity contribution < 1.29 is 13.5 Å². The van der Waals surface area contributed by atoms with Crippen LogP contribution in [0.15, 0.2) is 29.2 Å². The van der Waals surface area contributed by atoms with Gasteiger partial charge in [-0.1, -0.05) is 33.1 Å². The van der Waals surface area contributed by atoms with E-state index >= 15 is 0 Å². The molecule has 0 amide bonds. The minimum Gasteiger partial charge on any atom is -0.508 e. The molecule has 2 N–H and O–H groups in total. The minimum atomic E-state index is -3.47. The standard InChI is InChI=1S/C14H23NO3S/c1-3-5-6-12(4-2)11-15-19(17,18)14-9-7-13(16)8-10-14/h7-10,12,15-16H,3-6,11H2,1-2H3. The smallest absolute Gasteiger partial charge is 0.240 e. The lowest BCUT2D eigenvalue weighted by Gasteiger charge is -2.15. The highest BCUT2D eigenvalue weighted by Gasteiger charge is 2.15. The summed E-state index contributed by atoms with van der Waals surface area (Å²) < 4.78 is 26.7. The first-order chi connectivity index (χ1) is 8.99. The fourth-order valence-corrected chi connectivity index (χ4v) is 3.00. The first-order valence-electron chi connectivity index (χ1n) is 6.78. The summed E-state index contributed by atoms with van der Waals surface area (Å²) in [4.78, 5) is 0.190. The van der Waals surface area contributed by atoms with Gasteiger partial charge in [0, 0.05) is 6.54 Å². The third kappa shape index (κ3) is 5.20. The normalized spacial score (nSPS) is 13.4. The minimum absolute atomic E-state index is 0.0633. The van der Waals surface area contributed by atoms with Crippen molar-refractivity contribution in [3.05, 3.63) is 24.3 Å². The first-order valence-corrected chi connectivity index (χ1v) is 8.26. The van der Waals surface area contributed by atoms with Gasteiger partial charge in [0.2, 0.25) is 10.0 Å². The van der Waals surface area contributed by atoms with Crippen LogP contribution < -0.4 is 4.72 Å². The van der Waals surface area contributed by atoms with Crippen molar-refractivity contribution in [2.24, 2.45) is 5.92 Å². The summed E-state index contributed by atoms with van der Waals surface area (Å²) in [5.41, 5.74) is 0. The number of sulfonamides is 1. The highest BCUT2D eigenvalue weighted by atomic mass is 32.2. The van der Waals surface area contributed by atoms with Crippen molar-refractivity contribution in [3.63, 3.8) is 0 Å². The molecule has 0 spiro atoms. The zero-order valence-corrected chi connectivity index (χ0v) is 12.4. The molecule has 0 fully saturated rings. The number of unbranched alkanes of at least 4 members (excludes halogenated alkanes) is 1. The van der Waals surface area contributed by atoms with Gasteiger partial charge in [-0.3, -0.25) is 0 Å². The highest BCUT2D eigenvalue weighted by Crippen LogP contribution is 2.16. The molecular formula is C14H23NO3S. The van der Waals surface area contributed by atoms with Crippen molar-refractivity contribution in [1.82, 2.24) is 4.72 Å². The second kappa shape index (κ2) is 7.50. The van der Waals surface area contributed by atoms with Crippen molar-refractivity contribution in [2.75, 3.05) is 6.54 Å². The number of phenolic OH excluding ortho intramolecular Hbond substituents is 1. The maximum Gasteiger partial charge on any atom is 0.240 e. The summed E-state index contributed by atoms with van der Waals surface area (Å²) in [5, 5.41) is 9.16. The van der Waals surface area contributed by atoms with Crippen LogP contribution in [0.3, 0.4) is 0 Å². The quantitative estimate of drug-likeness (QED) is 0.772. The van der Waals surface area contributed by atoms with Crippen LogP contribution >= 0.6 is 0 Å². The second-order valence-corrected chi connectivity index (χ2v) is 6.53. The Hall–Kier alpha value is -1.07. The molecule has 0 aromatic heterocycles. The highest BCUT2D eigenvalue weighted by molar-refractivity contribution is 7.89. The van der Waals surface area contributed by atoms with Crippen LogP contribution in [0, 0.1) is 5.92 Å². The maximum atomic E-state index is 12.0. The molecule has 19 heavy (non-hydrogen) atoms. The van der Waals surface area contributed by atoms with E-state index in [4.69, 9.17) is 5.11 Å². The lowest BCUT2D eigenvalue weighted by atomic mass is 10.00. The number of benzene rings is 1. The van der Waals surface area contributed by atoms with Gasteiger partial charge in [-0.05, 0) is 36.6 Å². The predicted molar refractivity (Wildman–Crippen MR) is 76.6 cm³/mol. The van der Waals surface area contributed by atoms with Gasteiger partial charge >= 0.3 is 0 Å². The van der Waals surface area contributed by atoms with E-state index in [1.165, 1.54) is 24.3 Å². The van der Waals surface area contributed by atoms with E-state index in [0.717, 1.165) is 25.7 Å². The number of hydrogen-bond donors (Lipinski definition) is 2. The van der Waals surface area contributed by atoms with Crippen molar-refractivity contribution >= 4 is 10.0 Å². The number of phenols is 1. The van der Waals surface area contributed by atoms with E-state index in [2.05, 4.69) is 18.6 Å². The van der Waals surface area contributed by atoms with E-state index in [9.17, 15) is 8.42 Å². The molecular weight excluding hydrogens is 262 g/mol. The molecule has 108 valence electrons. The van der Waals surface area contributed by atoms with Crippen LogP contribution in [0.1, 0.15) is 39.5 Å². The van der Waals surface area contributed by atoms with Gasteiger partial charge in [-0.25, -0.2) is 13.1 Å². The lowest BCUT2D eigenvalue weighted by Crippen LogP contribution is -2.29. The Kier molecular flexibility index (Phi) is 6.31. The molecule has 0 radical (unpaired) electrons. The fraction of sp³-hybridized carbons (Fsp3) is 0.571. The molecule has 0 aliphatic heterocycles. The summed E-state index contributed by atoms with van der Waals surface area (Å²) >= 11 is 0. The van der Waals surface area contributed by atoms with E-state index in [0.29, 0.717) is 12.5 Å². The first kappa shape index (κ1) is 16.0. The van der Waals surface area contributed by atoms with Gasteiger partial charge in [-0.2, -0.15) is 0 Å². The van der Waals surface area contributed by atoms with Gasteiger partial charge in [0.25, 0.3) is 0 Å². The Morgan fingerprint density at radius 1 is 1.21 bits per heavy atom. The molecule has 1 rings (SSSR count). The molecule has 0 heterocycles. The number of aromatic hydroxyl groups is 1. The van der Waals surface area contributed by atoms with Crippen molar-refractivity contribution in [3.8, 4) is 5.75 Å². The zero-order valence-electron chi connectivity index (χ0n) is 11.6. The van der Waals surface area contributed by atoms with Gasteiger partial charge < -0.3 is 5.11 Å². The molecule has 1 aromatic rings. The Morgan fingerprint density at radius 3 is 2.37 bits per heavy atom. The fourth-order valence-electron chi connectivity index (χ4n) is 1.88. The van der Waals surface area contributed by atoms with Crippen LogP contribution in [-0.2, 0) is 10.0 Å². The summed E-state index contributed by atoms with van der Waals surface area (Å²) in [6.07, 6.45) is 4.27. The monoisotopic (exact) mass is 285 g/mol. The Balaban J connectivity index is 2.61. The van der Waals surface area contributed by atoms with Gasteiger partial charge in [0.1, 0.15) is 5.75 Å². The lowest BCUT2D eigenvalue weighted by molar-refractivity contribution is 0.443. The summed E-state index contributed by atoms with van der Waals surface area (Å²) in [6.45, 7) is 4.68. The zero-order chi connectivity index (χ0) is 14.3. The summed E-state index contributed by atoms with van der Waals surface area (Å²) in [7, 11) is -3.47. The van der Waals surface area contributed by atoms with E-state index in [1.807, 2.05) is 0 Å². The molecule has 1 unspecified atom stereocenters. The average molecular weight is 285 g/mol. The van der Waals surface area contributed by atoms with E-state index in [1.54, 1.807) is 0 Å². The molecule has 0 aliphatic carbocycles. The van der Waals surface area contributed by atoms with Gasteiger partial charge in [0.05, 0.1) is 4.90 Å². The number of nitrogens with one attached hydrogen (secondary N) is 1. The Bertz CT molecular complexity index is 468. The second-order valence-electron chi connectivity index (χ2n) is 4.76. The molecule has 1 aromatic carbocycles. The summed E-state index contributed by atoms with van der Waals surface area (Å²) in [6, 6.07) is 5.57. The third-order valence-electron chi connectivity index (χ3n) is 3.25. The van der Waals surface area contributed by atoms with Crippen LogP contribution in [0.4, 0.5) is 0 Å². The largest absolute Gasteiger partial charge is 0.508 e. The molecule has 0 bridgehead atoms. The van der Waals surface area contributed by atoms with Crippen LogP contribution in [0.2, 0.25) is 0 Å². The Morgan fingerprint density at radius 2 is 1.84 bits per heavy atom. The van der Waals surface area contributed by atoms with Gasteiger partial charge in [0.15, 0.2) is 0 Å². The van der Waals surface area contributed by atoms with Crippen molar-refractivity contribution in [1.29, 1.82) is 0 Å². The summed E-state index contributed by atoms with van der Waals surface area (Å²) in [5.74, 6) is 0.445. The molecule has 1 atom stereocenters.